The highest BCUT2D eigenvalue weighted by Gasteiger charge is 2.27. The summed E-state index contributed by atoms with van der Waals surface area (Å²) in [6.45, 7) is 6.98. The Morgan fingerprint density at radius 3 is 2.91 bits per heavy atom. The summed E-state index contributed by atoms with van der Waals surface area (Å²) in [6.07, 6.45) is 3.38. The average Bonchev–Trinajstić information content (AvgIpc) is 2.41. The third kappa shape index (κ3) is 5.02. The number of anilines is 1. The monoisotopic (exact) mass is 389 g/mol. The van der Waals surface area contributed by atoms with Gasteiger partial charge in [0.25, 0.3) is 0 Å². The Bertz CT molecular complexity index is 548. The lowest BCUT2D eigenvalue weighted by Crippen LogP contribution is -2.47. The van der Waals surface area contributed by atoms with Crippen molar-refractivity contribution in [3.8, 4) is 0 Å². The molecule has 1 aromatic rings. The topological polar surface area (TPSA) is 54.5 Å². The van der Waals surface area contributed by atoms with Crippen LogP contribution in [0.25, 0.3) is 0 Å². The fraction of sp³-hybridized carbons (Fsp3) is 0.600. The van der Waals surface area contributed by atoms with Crippen LogP contribution in [0.4, 0.5) is 10.5 Å². The number of halogens is 2. The Hall–Kier alpha value is -1.01. The summed E-state index contributed by atoms with van der Waals surface area (Å²) in [5, 5.41) is 3.83. The molecule has 0 spiro atoms. The molecule has 7 heteroatoms. The fourth-order valence-corrected chi connectivity index (χ4v) is 2.78. The van der Waals surface area contributed by atoms with E-state index in [4.69, 9.17) is 16.3 Å². The molecule has 5 nitrogen and oxygen atoms in total. The lowest BCUT2D eigenvalue weighted by Gasteiger charge is -2.34. The van der Waals surface area contributed by atoms with Crippen LogP contribution >= 0.6 is 27.5 Å². The maximum absolute atomic E-state index is 12.1. The van der Waals surface area contributed by atoms with Gasteiger partial charge in [0, 0.05) is 19.1 Å². The van der Waals surface area contributed by atoms with Gasteiger partial charge in [-0.3, -0.25) is 0 Å². The smallest absolute Gasteiger partial charge is 0.410 e. The van der Waals surface area contributed by atoms with Crippen molar-refractivity contribution < 1.29 is 9.53 Å². The molecule has 1 aliphatic rings. The molecule has 122 valence electrons. The van der Waals surface area contributed by atoms with Crippen molar-refractivity contribution in [3.05, 3.63) is 21.9 Å². The zero-order chi connectivity index (χ0) is 16.3. The standard InChI is InChI=1S/C15H21BrClN3O2/c1-15(2,3)22-14(21)20-6-4-5-10(9-20)19-11-7-12(16)13(17)18-8-11/h7-8,10,19H,4-6,9H2,1-3H3. The van der Waals surface area contributed by atoms with E-state index in [9.17, 15) is 4.79 Å². The fourth-order valence-electron chi connectivity index (χ4n) is 2.32. The van der Waals surface area contributed by atoms with Gasteiger partial charge in [0.15, 0.2) is 0 Å². The van der Waals surface area contributed by atoms with Crippen LogP contribution in [-0.2, 0) is 4.74 Å². The highest BCUT2D eigenvalue weighted by Crippen LogP contribution is 2.24. The average molecular weight is 391 g/mol. The van der Waals surface area contributed by atoms with Crippen LogP contribution in [0.1, 0.15) is 33.6 Å². The van der Waals surface area contributed by atoms with Crippen molar-refractivity contribution in [1.29, 1.82) is 0 Å². The van der Waals surface area contributed by atoms with Gasteiger partial charge in [0.1, 0.15) is 10.8 Å². The Kier molecular flexibility index (Phi) is 5.55. The number of rotatable bonds is 2. The minimum atomic E-state index is -0.470. The molecule has 1 saturated heterocycles. The number of amides is 1. The van der Waals surface area contributed by atoms with Gasteiger partial charge < -0.3 is 15.0 Å². The number of likely N-dealkylation sites (tertiary alicyclic amines) is 1. The molecule has 1 aliphatic heterocycles. The van der Waals surface area contributed by atoms with Crippen LogP contribution in [0.2, 0.25) is 5.15 Å². The molecular weight excluding hydrogens is 370 g/mol. The van der Waals surface area contributed by atoms with E-state index in [2.05, 4.69) is 26.2 Å². The number of nitrogens with zero attached hydrogens (tertiary/aromatic N) is 2. The molecule has 2 heterocycles. The number of nitrogens with one attached hydrogen (secondary N) is 1. The van der Waals surface area contributed by atoms with E-state index in [1.807, 2.05) is 26.8 Å². The molecule has 0 aliphatic carbocycles. The van der Waals surface area contributed by atoms with E-state index < -0.39 is 5.60 Å². The van der Waals surface area contributed by atoms with Gasteiger partial charge in [-0.25, -0.2) is 9.78 Å². The lowest BCUT2D eigenvalue weighted by molar-refractivity contribution is 0.0206. The van der Waals surface area contributed by atoms with Crippen LogP contribution in [0.5, 0.6) is 0 Å². The van der Waals surface area contributed by atoms with Crippen molar-refractivity contribution in [2.75, 3.05) is 18.4 Å². The van der Waals surface area contributed by atoms with Crippen LogP contribution in [0.3, 0.4) is 0 Å². The largest absolute Gasteiger partial charge is 0.444 e. The van der Waals surface area contributed by atoms with E-state index in [1.165, 1.54) is 0 Å². The Morgan fingerprint density at radius 1 is 1.55 bits per heavy atom. The summed E-state index contributed by atoms with van der Waals surface area (Å²) in [7, 11) is 0. The van der Waals surface area contributed by atoms with E-state index in [1.54, 1.807) is 11.1 Å². The Labute approximate surface area is 144 Å². The third-order valence-electron chi connectivity index (χ3n) is 3.24. The number of carbonyl (C=O) groups excluding carboxylic acids is 1. The first-order chi connectivity index (χ1) is 10.2. The molecule has 1 aromatic heterocycles. The molecule has 1 N–H and O–H groups in total. The summed E-state index contributed by atoms with van der Waals surface area (Å²) < 4.78 is 6.18. The predicted octanol–water partition coefficient (Wildman–Crippen LogP) is 4.31. The minimum absolute atomic E-state index is 0.177. The molecule has 0 aromatic carbocycles. The molecule has 1 amide bonds. The van der Waals surface area contributed by atoms with Crippen LogP contribution in [0, 0.1) is 0 Å². The first kappa shape index (κ1) is 17.3. The summed E-state index contributed by atoms with van der Waals surface area (Å²) in [4.78, 5) is 18.0. The number of hydrogen-bond donors (Lipinski definition) is 1. The normalized spacial score (nSPS) is 19.0. The molecular formula is C15H21BrClN3O2. The van der Waals surface area contributed by atoms with Crippen LogP contribution < -0.4 is 5.32 Å². The highest BCUT2D eigenvalue weighted by molar-refractivity contribution is 9.10. The highest BCUT2D eigenvalue weighted by atomic mass is 79.9. The number of ether oxygens (including phenoxy) is 1. The molecule has 0 saturated carbocycles. The van der Waals surface area contributed by atoms with E-state index in [0.717, 1.165) is 29.5 Å². The summed E-state index contributed by atoms with van der Waals surface area (Å²) in [5.74, 6) is 0. The van der Waals surface area contributed by atoms with Gasteiger partial charge in [-0.05, 0) is 55.6 Å². The van der Waals surface area contributed by atoms with Gasteiger partial charge in [0.05, 0.1) is 16.4 Å². The van der Waals surface area contributed by atoms with Crippen molar-refractivity contribution in [3.63, 3.8) is 0 Å². The first-order valence-corrected chi connectivity index (χ1v) is 8.47. The predicted molar refractivity (Wildman–Crippen MR) is 91.4 cm³/mol. The lowest BCUT2D eigenvalue weighted by atomic mass is 10.1. The quantitative estimate of drug-likeness (QED) is 0.765. The zero-order valence-electron chi connectivity index (χ0n) is 13.0. The second kappa shape index (κ2) is 7.04. The van der Waals surface area contributed by atoms with Crippen LogP contribution in [0.15, 0.2) is 16.7 Å². The van der Waals surface area contributed by atoms with Crippen molar-refractivity contribution in [1.82, 2.24) is 9.88 Å². The van der Waals surface area contributed by atoms with E-state index in [-0.39, 0.29) is 12.1 Å². The molecule has 0 radical (unpaired) electrons. The molecule has 2 rings (SSSR count). The second-order valence-corrected chi connectivity index (χ2v) is 7.62. The number of pyridine rings is 1. The number of aromatic nitrogens is 1. The molecule has 22 heavy (non-hydrogen) atoms. The van der Waals surface area contributed by atoms with Crippen molar-refractivity contribution in [2.24, 2.45) is 0 Å². The van der Waals surface area contributed by atoms with Gasteiger partial charge in [-0.15, -0.1) is 0 Å². The molecule has 1 atom stereocenters. The summed E-state index contributed by atoms with van der Waals surface area (Å²) >= 11 is 9.25. The third-order valence-corrected chi connectivity index (χ3v) is 4.37. The maximum atomic E-state index is 12.1. The van der Waals surface area contributed by atoms with E-state index >= 15 is 0 Å². The number of piperidine rings is 1. The van der Waals surface area contributed by atoms with Gasteiger partial charge >= 0.3 is 6.09 Å². The summed E-state index contributed by atoms with van der Waals surface area (Å²) in [6, 6.07) is 2.07. The zero-order valence-corrected chi connectivity index (χ0v) is 15.4. The molecule has 1 unspecified atom stereocenters. The number of carbonyl (C=O) groups is 1. The summed E-state index contributed by atoms with van der Waals surface area (Å²) in [5.41, 5.74) is 0.412. The van der Waals surface area contributed by atoms with Crippen molar-refractivity contribution >= 4 is 39.3 Å². The van der Waals surface area contributed by atoms with Gasteiger partial charge in [-0.1, -0.05) is 11.6 Å². The number of hydrogen-bond acceptors (Lipinski definition) is 4. The minimum Gasteiger partial charge on any atom is -0.444 e. The Balaban J connectivity index is 1.95. The molecule has 0 bridgehead atoms. The van der Waals surface area contributed by atoms with E-state index in [0.29, 0.717) is 11.7 Å². The SMILES string of the molecule is CC(C)(C)OC(=O)N1CCCC(Nc2cnc(Cl)c(Br)c2)C1. The maximum Gasteiger partial charge on any atom is 0.410 e. The van der Waals surface area contributed by atoms with Crippen molar-refractivity contribution in [2.45, 2.75) is 45.3 Å². The first-order valence-electron chi connectivity index (χ1n) is 7.30. The van der Waals surface area contributed by atoms with Gasteiger partial charge in [0.2, 0.25) is 0 Å². The van der Waals surface area contributed by atoms with Crippen LogP contribution in [-0.4, -0.2) is 40.7 Å². The molecule has 1 fully saturated rings. The van der Waals surface area contributed by atoms with Gasteiger partial charge in [-0.2, -0.15) is 0 Å². The Morgan fingerprint density at radius 2 is 2.27 bits per heavy atom. The second-order valence-electron chi connectivity index (χ2n) is 6.41.